The van der Waals surface area contributed by atoms with Crippen molar-refractivity contribution in [2.24, 2.45) is 11.8 Å². The third-order valence-electron chi connectivity index (χ3n) is 4.95. The van der Waals surface area contributed by atoms with Crippen LogP contribution in [-0.2, 0) is 4.79 Å². The molecule has 4 heteroatoms. The summed E-state index contributed by atoms with van der Waals surface area (Å²) >= 11 is 3.57. The predicted octanol–water partition coefficient (Wildman–Crippen LogP) is 3.86. The zero-order chi connectivity index (χ0) is 14.3. The highest BCUT2D eigenvalue weighted by Crippen LogP contribution is 2.38. The molecule has 0 bridgehead atoms. The zero-order valence-corrected chi connectivity index (χ0v) is 13.5. The molecule has 0 spiro atoms. The van der Waals surface area contributed by atoms with Crippen LogP contribution in [0.3, 0.4) is 0 Å². The SMILES string of the molecule is CC1CCCC(NC2C(=O)Nc3cccc(Br)c32)C1C. The Morgan fingerprint density at radius 2 is 2.10 bits per heavy atom. The highest BCUT2D eigenvalue weighted by Gasteiger charge is 2.36. The number of fused-ring (bicyclic) bond motifs is 1. The number of rotatable bonds is 2. The van der Waals surface area contributed by atoms with Crippen LogP contribution in [0.15, 0.2) is 22.7 Å². The Hall–Kier alpha value is -0.870. The molecular formula is C16H21BrN2O. The van der Waals surface area contributed by atoms with Crippen LogP contribution in [0.4, 0.5) is 5.69 Å². The standard InChI is InChI=1S/C16H21BrN2O/c1-9-5-3-7-12(10(9)2)18-15-14-11(17)6-4-8-13(14)19-16(15)20/h4,6,8-10,12,15,18H,3,5,7H2,1-2H3,(H,19,20). The predicted molar refractivity (Wildman–Crippen MR) is 84.6 cm³/mol. The first-order chi connectivity index (χ1) is 9.58. The maximum atomic E-state index is 12.3. The smallest absolute Gasteiger partial charge is 0.246 e. The van der Waals surface area contributed by atoms with Gasteiger partial charge in [-0.2, -0.15) is 0 Å². The first-order valence-electron chi connectivity index (χ1n) is 7.43. The molecule has 108 valence electrons. The molecule has 1 saturated carbocycles. The second-order valence-corrected chi connectivity index (χ2v) is 7.02. The molecule has 3 rings (SSSR count). The summed E-state index contributed by atoms with van der Waals surface area (Å²) in [4.78, 5) is 12.3. The fourth-order valence-corrected chi connectivity index (χ4v) is 4.06. The fraction of sp³-hybridized carbons (Fsp3) is 0.562. The largest absolute Gasteiger partial charge is 0.324 e. The molecule has 1 fully saturated rings. The second kappa shape index (κ2) is 5.49. The summed E-state index contributed by atoms with van der Waals surface area (Å²) in [6.07, 6.45) is 3.71. The molecule has 1 aromatic carbocycles. The third kappa shape index (κ3) is 2.40. The number of carbonyl (C=O) groups excluding carboxylic acids is 1. The maximum Gasteiger partial charge on any atom is 0.246 e. The monoisotopic (exact) mass is 336 g/mol. The molecule has 1 aliphatic carbocycles. The number of benzene rings is 1. The van der Waals surface area contributed by atoms with E-state index in [9.17, 15) is 4.79 Å². The van der Waals surface area contributed by atoms with E-state index in [-0.39, 0.29) is 11.9 Å². The van der Waals surface area contributed by atoms with Crippen LogP contribution in [0.1, 0.15) is 44.7 Å². The van der Waals surface area contributed by atoms with E-state index in [0.717, 1.165) is 28.1 Å². The normalized spacial score (nSPS) is 32.9. The Morgan fingerprint density at radius 3 is 2.90 bits per heavy atom. The summed E-state index contributed by atoms with van der Waals surface area (Å²) in [5.74, 6) is 1.41. The van der Waals surface area contributed by atoms with Gasteiger partial charge in [-0.25, -0.2) is 0 Å². The summed E-state index contributed by atoms with van der Waals surface area (Å²) < 4.78 is 1.00. The summed E-state index contributed by atoms with van der Waals surface area (Å²) in [6, 6.07) is 6.12. The van der Waals surface area contributed by atoms with E-state index < -0.39 is 0 Å². The van der Waals surface area contributed by atoms with E-state index in [2.05, 4.69) is 40.4 Å². The van der Waals surface area contributed by atoms with Gasteiger partial charge >= 0.3 is 0 Å². The molecule has 4 atom stereocenters. The van der Waals surface area contributed by atoms with Crippen LogP contribution in [0, 0.1) is 11.8 Å². The van der Waals surface area contributed by atoms with Crippen LogP contribution in [0.5, 0.6) is 0 Å². The maximum absolute atomic E-state index is 12.3. The van der Waals surface area contributed by atoms with Crippen molar-refractivity contribution in [3.63, 3.8) is 0 Å². The van der Waals surface area contributed by atoms with Crippen molar-refractivity contribution in [3.8, 4) is 0 Å². The van der Waals surface area contributed by atoms with Crippen LogP contribution in [0.2, 0.25) is 0 Å². The van der Waals surface area contributed by atoms with Gasteiger partial charge in [0.25, 0.3) is 0 Å². The number of amides is 1. The van der Waals surface area contributed by atoms with Crippen molar-refractivity contribution < 1.29 is 4.79 Å². The van der Waals surface area contributed by atoms with E-state index >= 15 is 0 Å². The van der Waals surface area contributed by atoms with Gasteiger partial charge in [0, 0.05) is 21.8 Å². The minimum Gasteiger partial charge on any atom is -0.324 e. The molecule has 0 aromatic heterocycles. The molecule has 1 amide bonds. The first-order valence-corrected chi connectivity index (χ1v) is 8.22. The van der Waals surface area contributed by atoms with Gasteiger partial charge < -0.3 is 5.32 Å². The van der Waals surface area contributed by atoms with Crippen LogP contribution < -0.4 is 10.6 Å². The molecule has 1 heterocycles. The van der Waals surface area contributed by atoms with Gasteiger partial charge in [-0.05, 0) is 30.4 Å². The number of hydrogen-bond donors (Lipinski definition) is 2. The second-order valence-electron chi connectivity index (χ2n) is 6.16. The van der Waals surface area contributed by atoms with Crippen molar-refractivity contribution >= 4 is 27.5 Å². The Balaban J connectivity index is 1.83. The Kier molecular flexibility index (Phi) is 3.87. The highest BCUT2D eigenvalue weighted by atomic mass is 79.9. The van der Waals surface area contributed by atoms with Gasteiger partial charge in [0.15, 0.2) is 0 Å². The van der Waals surface area contributed by atoms with Crippen LogP contribution in [-0.4, -0.2) is 11.9 Å². The van der Waals surface area contributed by atoms with Crippen molar-refractivity contribution in [3.05, 3.63) is 28.2 Å². The lowest BCUT2D eigenvalue weighted by molar-refractivity contribution is -0.118. The molecular weight excluding hydrogens is 316 g/mol. The molecule has 4 unspecified atom stereocenters. The van der Waals surface area contributed by atoms with Gasteiger partial charge in [0.2, 0.25) is 5.91 Å². The summed E-state index contributed by atoms with van der Waals surface area (Å²) in [5.41, 5.74) is 1.99. The number of nitrogens with one attached hydrogen (secondary N) is 2. The number of carbonyl (C=O) groups is 1. The number of hydrogen-bond acceptors (Lipinski definition) is 2. The lowest BCUT2D eigenvalue weighted by Crippen LogP contribution is -2.44. The molecule has 3 nitrogen and oxygen atoms in total. The van der Waals surface area contributed by atoms with Crippen molar-refractivity contribution in [1.29, 1.82) is 0 Å². The van der Waals surface area contributed by atoms with Gasteiger partial charge in [-0.15, -0.1) is 0 Å². The van der Waals surface area contributed by atoms with E-state index in [0.29, 0.717) is 12.0 Å². The van der Waals surface area contributed by atoms with Gasteiger partial charge in [-0.3, -0.25) is 10.1 Å². The van der Waals surface area contributed by atoms with Crippen LogP contribution in [0.25, 0.3) is 0 Å². The molecule has 0 saturated heterocycles. The number of anilines is 1. The third-order valence-corrected chi connectivity index (χ3v) is 5.64. The molecule has 2 N–H and O–H groups in total. The zero-order valence-electron chi connectivity index (χ0n) is 11.9. The lowest BCUT2D eigenvalue weighted by atomic mass is 9.77. The van der Waals surface area contributed by atoms with E-state index in [4.69, 9.17) is 0 Å². The van der Waals surface area contributed by atoms with Gasteiger partial charge in [-0.1, -0.05) is 48.7 Å². The van der Waals surface area contributed by atoms with Crippen molar-refractivity contribution in [2.45, 2.75) is 45.2 Å². The number of halogens is 1. The quantitative estimate of drug-likeness (QED) is 0.860. The van der Waals surface area contributed by atoms with Crippen LogP contribution >= 0.6 is 15.9 Å². The minimum atomic E-state index is -0.224. The first kappa shape index (κ1) is 14.1. The average molecular weight is 337 g/mol. The van der Waals surface area contributed by atoms with Gasteiger partial charge in [0.05, 0.1) is 0 Å². The lowest BCUT2D eigenvalue weighted by Gasteiger charge is -2.36. The minimum absolute atomic E-state index is 0.0670. The molecule has 0 radical (unpaired) electrons. The topological polar surface area (TPSA) is 41.1 Å². The van der Waals surface area contributed by atoms with Crippen molar-refractivity contribution in [1.82, 2.24) is 5.32 Å². The Labute approximate surface area is 128 Å². The van der Waals surface area contributed by atoms with Gasteiger partial charge in [0.1, 0.15) is 6.04 Å². The molecule has 2 aliphatic rings. The van der Waals surface area contributed by atoms with E-state index in [1.54, 1.807) is 0 Å². The molecule has 1 aromatic rings. The van der Waals surface area contributed by atoms with E-state index in [1.807, 2.05) is 18.2 Å². The summed E-state index contributed by atoms with van der Waals surface area (Å²) in [6.45, 7) is 4.62. The molecule has 1 aliphatic heterocycles. The summed E-state index contributed by atoms with van der Waals surface area (Å²) in [5, 5.41) is 6.58. The Morgan fingerprint density at radius 1 is 1.30 bits per heavy atom. The molecule has 20 heavy (non-hydrogen) atoms. The average Bonchev–Trinajstić information content (AvgIpc) is 2.73. The van der Waals surface area contributed by atoms with E-state index in [1.165, 1.54) is 12.8 Å². The fourth-order valence-electron chi connectivity index (χ4n) is 3.47. The highest BCUT2D eigenvalue weighted by molar-refractivity contribution is 9.10. The Bertz CT molecular complexity index is 531. The summed E-state index contributed by atoms with van der Waals surface area (Å²) in [7, 11) is 0. The van der Waals surface area contributed by atoms with Crippen molar-refractivity contribution in [2.75, 3.05) is 5.32 Å².